The van der Waals surface area contributed by atoms with Gasteiger partial charge in [0, 0.05) is 54.8 Å². The highest BCUT2D eigenvalue weighted by Gasteiger charge is 2.53. The van der Waals surface area contributed by atoms with E-state index in [2.05, 4.69) is 0 Å². The zero-order valence-corrected chi connectivity index (χ0v) is 31.8. The summed E-state index contributed by atoms with van der Waals surface area (Å²) in [5.41, 5.74) is 4.04. The smallest absolute Gasteiger partial charge is 0.316 e. The standard InChI is InChI=1S/C40H49NO15/c1-6-40(49)15-26(31-20(33(40)39(48)50-5)12-21-32(36(31)47)35(46)30-19(34(21)45)8-7-9-24(30)43)54-28-13-22(41)37(17(3)52-28)56-29-14-25(44)38(18(4)53-29)55-27-11-10-23(42)16(2)51-27/h7-9,12,16-18,22,25-29,33,37-38,43-44,47,49H,6,10-11,13-15,41H2,1-5H3/t16-,17-,18-,22-,25-,26-,27-,28-,29-,33-,37+,38+,40+/m0/s1. The molecule has 0 unspecified atom stereocenters. The second kappa shape index (κ2) is 15.5. The van der Waals surface area contributed by atoms with Crippen molar-refractivity contribution in [2.45, 2.75) is 145 Å². The van der Waals surface area contributed by atoms with Gasteiger partial charge in [0.05, 0.1) is 48.3 Å². The van der Waals surface area contributed by atoms with Gasteiger partial charge < -0.3 is 59.3 Å². The number of methoxy groups -OCH3 is 1. The summed E-state index contributed by atoms with van der Waals surface area (Å²) in [6, 6.07) is 4.70. The molecule has 3 aliphatic heterocycles. The van der Waals surface area contributed by atoms with Crippen LogP contribution in [0.5, 0.6) is 11.5 Å². The Hall–Kier alpha value is -3.84. The number of rotatable bonds is 8. The highest BCUT2D eigenvalue weighted by molar-refractivity contribution is 6.30. The van der Waals surface area contributed by atoms with Gasteiger partial charge in [-0.25, -0.2) is 0 Å². The van der Waals surface area contributed by atoms with Crippen LogP contribution in [-0.2, 0) is 42.7 Å². The van der Waals surface area contributed by atoms with Crippen LogP contribution in [0.15, 0.2) is 24.3 Å². The molecule has 2 aromatic rings. The van der Waals surface area contributed by atoms with E-state index in [1.54, 1.807) is 27.7 Å². The Labute approximate surface area is 323 Å². The third-order valence-corrected chi connectivity index (χ3v) is 11.8. The van der Waals surface area contributed by atoms with Gasteiger partial charge in [-0.3, -0.25) is 19.2 Å². The largest absolute Gasteiger partial charge is 0.507 e. The van der Waals surface area contributed by atoms with Crippen LogP contribution < -0.4 is 5.73 Å². The molecule has 0 spiro atoms. The molecule has 6 N–H and O–H groups in total. The average Bonchev–Trinajstić information content (AvgIpc) is 3.14. The van der Waals surface area contributed by atoms with Crippen LogP contribution in [0, 0.1) is 0 Å². The van der Waals surface area contributed by atoms with Crippen molar-refractivity contribution in [2.24, 2.45) is 5.73 Å². The van der Waals surface area contributed by atoms with Gasteiger partial charge in [0.25, 0.3) is 0 Å². The first-order chi connectivity index (χ1) is 26.6. The quantitative estimate of drug-likeness (QED) is 0.206. The minimum atomic E-state index is -1.77. The summed E-state index contributed by atoms with van der Waals surface area (Å²) in [4.78, 5) is 52.8. The zero-order chi connectivity index (χ0) is 40.4. The van der Waals surface area contributed by atoms with E-state index in [-0.39, 0.29) is 64.8 Å². The highest BCUT2D eigenvalue weighted by Crippen LogP contribution is 2.54. The van der Waals surface area contributed by atoms with Gasteiger partial charge in [-0.1, -0.05) is 19.1 Å². The number of phenolic OH excluding ortho intramolecular Hbond substituents is 2. The molecule has 3 saturated heterocycles. The van der Waals surface area contributed by atoms with Crippen LogP contribution in [0.4, 0.5) is 0 Å². The summed E-state index contributed by atoms with van der Waals surface area (Å²) in [6.45, 7) is 6.81. The van der Waals surface area contributed by atoms with Crippen molar-refractivity contribution in [2.75, 3.05) is 7.11 Å². The summed E-state index contributed by atoms with van der Waals surface area (Å²) >= 11 is 0. The molecule has 16 heteroatoms. The molecule has 0 bridgehead atoms. The number of hydrogen-bond acceptors (Lipinski definition) is 16. The van der Waals surface area contributed by atoms with Crippen LogP contribution in [0.25, 0.3) is 0 Å². The number of aliphatic hydroxyl groups excluding tert-OH is 1. The molecule has 0 aromatic heterocycles. The minimum Gasteiger partial charge on any atom is -0.507 e. The van der Waals surface area contributed by atoms with Gasteiger partial charge in [0.2, 0.25) is 5.78 Å². The number of esters is 1. The molecule has 5 aliphatic rings. The van der Waals surface area contributed by atoms with E-state index >= 15 is 0 Å². The summed E-state index contributed by atoms with van der Waals surface area (Å²) in [6.07, 6.45) is -7.32. The number of hydrogen-bond donors (Lipinski definition) is 5. The number of ether oxygens (including phenoxy) is 7. The molecular formula is C40H49NO15. The van der Waals surface area contributed by atoms with E-state index in [0.717, 1.165) is 7.11 Å². The first kappa shape index (κ1) is 40.4. The van der Waals surface area contributed by atoms with Crippen LogP contribution in [0.1, 0.15) is 121 Å². The summed E-state index contributed by atoms with van der Waals surface area (Å²) < 4.78 is 41.8. The van der Waals surface area contributed by atoms with Crippen molar-refractivity contribution in [1.29, 1.82) is 0 Å². The van der Waals surface area contributed by atoms with Gasteiger partial charge >= 0.3 is 5.97 Å². The summed E-state index contributed by atoms with van der Waals surface area (Å²) in [5.74, 6) is -4.69. The number of carbonyl (C=O) groups is 4. The topological polar surface area (TPSA) is 240 Å². The van der Waals surface area contributed by atoms with Crippen molar-refractivity contribution in [3.8, 4) is 11.5 Å². The molecular weight excluding hydrogens is 734 g/mol. The second-order valence-corrected chi connectivity index (χ2v) is 15.4. The molecule has 3 heterocycles. The molecule has 13 atom stereocenters. The second-order valence-electron chi connectivity index (χ2n) is 15.4. The van der Waals surface area contributed by atoms with Crippen molar-refractivity contribution < 1.29 is 72.8 Å². The Kier molecular flexibility index (Phi) is 11.2. The number of nitrogens with two attached hydrogens (primary N) is 1. The Morgan fingerprint density at radius 1 is 0.911 bits per heavy atom. The maximum absolute atomic E-state index is 13.8. The maximum Gasteiger partial charge on any atom is 0.316 e. The molecule has 3 fully saturated rings. The van der Waals surface area contributed by atoms with Gasteiger partial charge in [-0.15, -0.1) is 0 Å². The fourth-order valence-corrected chi connectivity index (χ4v) is 8.84. The first-order valence-electron chi connectivity index (χ1n) is 19.1. The lowest BCUT2D eigenvalue weighted by atomic mass is 9.67. The number of Topliss-reactive ketones (excluding diaryl/α,β-unsaturated/α-hetero) is 1. The molecule has 2 aliphatic carbocycles. The molecule has 56 heavy (non-hydrogen) atoms. The third kappa shape index (κ3) is 7.05. The highest BCUT2D eigenvalue weighted by atomic mass is 16.7. The van der Waals surface area contributed by atoms with Crippen molar-refractivity contribution >= 4 is 23.3 Å². The summed E-state index contributed by atoms with van der Waals surface area (Å²) in [7, 11) is 1.16. The van der Waals surface area contributed by atoms with Gasteiger partial charge in [-0.05, 0) is 44.9 Å². The lowest BCUT2D eigenvalue weighted by Crippen LogP contribution is -2.57. The van der Waals surface area contributed by atoms with E-state index in [0.29, 0.717) is 12.8 Å². The van der Waals surface area contributed by atoms with E-state index in [4.69, 9.17) is 38.9 Å². The Balaban J connectivity index is 1.10. The maximum atomic E-state index is 13.8. The molecule has 2 aromatic carbocycles. The van der Waals surface area contributed by atoms with Crippen LogP contribution >= 0.6 is 0 Å². The van der Waals surface area contributed by atoms with E-state index in [1.807, 2.05) is 0 Å². The number of aliphatic hydroxyl groups is 2. The van der Waals surface area contributed by atoms with Gasteiger partial charge in [0.15, 0.2) is 30.4 Å². The Morgan fingerprint density at radius 2 is 1.59 bits per heavy atom. The van der Waals surface area contributed by atoms with Gasteiger partial charge in [0.1, 0.15) is 35.7 Å². The number of fused-ring (bicyclic) bond motifs is 3. The lowest BCUT2D eigenvalue weighted by Gasteiger charge is -2.46. The third-order valence-electron chi connectivity index (χ3n) is 11.8. The predicted molar refractivity (Wildman–Crippen MR) is 192 cm³/mol. The molecule has 0 saturated carbocycles. The average molecular weight is 784 g/mol. The molecule has 0 radical (unpaired) electrons. The molecule has 304 valence electrons. The number of benzene rings is 2. The Morgan fingerprint density at radius 3 is 2.23 bits per heavy atom. The van der Waals surface area contributed by atoms with Crippen LogP contribution in [0.3, 0.4) is 0 Å². The van der Waals surface area contributed by atoms with Crippen molar-refractivity contribution in [1.82, 2.24) is 0 Å². The number of ketones is 3. The van der Waals surface area contributed by atoms with E-state index < -0.39 is 108 Å². The fourth-order valence-electron chi connectivity index (χ4n) is 8.84. The number of carbonyl (C=O) groups excluding carboxylic acids is 4. The first-order valence-corrected chi connectivity index (χ1v) is 19.1. The van der Waals surface area contributed by atoms with Crippen LogP contribution in [0.2, 0.25) is 0 Å². The normalized spacial score (nSPS) is 37.0. The monoisotopic (exact) mass is 783 g/mol. The predicted octanol–water partition coefficient (Wildman–Crippen LogP) is 2.55. The number of aromatic hydroxyl groups is 2. The minimum absolute atomic E-state index is 0.00270. The SMILES string of the molecule is CC[C@@]1(O)C[C@H](O[C@H]2C[C@H](N)[C@H](O[C@H]3C[C@H](O)[C@H](O[C@H]4CCC(=O)[C@H](C)O4)[C@H](C)O3)[C@H](C)O2)c2c(cc3c(c2O)C(=O)c2c(O)cccc2C3=O)[C@H]1C(=O)OC. The summed E-state index contributed by atoms with van der Waals surface area (Å²) in [5, 5.41) is 45.5. The fraction of sp³-hybridized carbons (Fsp3) is 0.600. The molecule has 0 amide bonds. The van der Waals surface area contributed by atoms with Crippen molar-refractivity contribution in [3.05, 3.63) is 57.6 Å². The lowest BCUT2D eigenvalue weighted by molar-refractivity contribution is -0.319. The van der Waals surface area contributed by atoms with Crippen molar-refractivity contribution in [3.63, 3.8) is 0 Å². The zero-order valence-electron chi connectivity index (χ0n) is 31.8. The van der Waals surface area contributed by atoms with Crippen LogP contribution in [-0.4, -0.2) is 118 Å². The van der Waals surface area contributed by atoms with Gasteiger partial charge in [-0.2, -0.15) is 0 Å². The molecule has 16 nitrogen and oxygen atoms in total. The van der Waals surface area contributed by atoms with E-state index in [9.17, 15) is 39.6 Å². The number of phenols is 2. The molecule has 7 rings (SSSR count). The van der Waals surface area contributed by atoms with E-state index in [1.165, 1.54) is 24.3 Å². The Bertz CT molecular complexity index is 1880.